The van der Waals surface area contributed by atoms with Crippen molar-refractivity contribution in [1.82, 2.24) is 0 Å². The Kier molecular flexibility index (Phi) is 48.6. The van der Waals surface area contributed by atoms with E-state index >= 15 is 0 Å². The third-order valence-corrected chi connectivity index (χ3v) is 13.0. The third kappa shape index (κ3) is 51.3. The summed E-state index contributed by atoms with van der Waals surface area (Å²) in [6.45, 7) is 11.4. The van der Waals surface area contributed by atoms with Gasteiger partial charge in [-0.15, -0.1) is 0 Å². The van der Waals surface area contributed by atoms with Crippen LogP contribution in [0.2, 0.25) is 0 Å². The number of unbranched alkanes of at least 4 members (excludes halogenated alkanes) is 36. The van der Waals surface area contributed by atoms with Gasteiger partial charge in [0, 0.05) is 19.3 Å². The number of carbonyl (C=O) groups is 3. The first-order valence-electron chi connectivity index (χ1n) is 28.2. The Hall–Kier alpha value is -1.59. The lowest BCUT2D eigenvalue weighted by Crippen LogP contribution is -2.30. The zero-order chi connectivity index (χ0) is 46.1. The Bertz CT molecular complexity index is 962. The predicted octanol–water partition coefficient (Wildman–Crippen LogP) is 18.5. The van der Waals surface area contributed by atoms with E-state index in [1.807, 2.05) is 0 Å². The van der Waals surface area contributed by atoms with E-state index in [9.17, 15) is 14.4 Å². The Balaban J connectivity index is 4.25. The van der Waals surface area contributed by atoms with Gasteiger partial charge in [0.25, 0.3) is 0 Å². The summed E-state index contributed by atoms with van der Waals surface area (Å²) >= 11 is 0. The summed E-state index contributed by atoms with van der Waals surface area (Å²) in [7, 11) is 0. The molecule has 0 aromatic heterocycles. The number of esters is 3. The van der Waals surface area contributed by atoms with Crippen LogP contribution in [-0.2, 0) is 28.6 Å². The maximum Gasteiger partial charge on any atom is 0.306 e. The highest BCUT2D eigenvalue weighted by molar-refractivity contribution is 5.71. The van der Waals surface area contributed by atoms with E-state index in [1.54, 1.807) is 0 Å². The van der Waals surface area contributed by atoms with Gasteiger partial charge in [0.1, 0.15) is 13.2 Å². The van der Waals surface area contributed by atoms with Gasteiger partial charge in [0.15, 0.2) is 6.10 Å². The lowest BCUT2D eigenvalue weighted by Gasteiger charge is -2.18. The summed E-state index contributed by atoms with van der Waals surface area (Å²) in [6.07, 6.45) is 52.4. The maximum absolute atomic E-state index is 12.8. The molecule has 6 heteroatoms. The largest absolute Gasteiger partial charge is 0.462 e. The summed E-state index contributed by atoms with van der Waals surface area (Å²) in [5.74, 6) is 0.816. The second-order valence-electron chi connectivity index (χ2n) is 20.5. The first-order valence-corrected chi connectivity index (χ1v) is 28.2. The van der Waals surface area contributed by atoms with Crippen LogP contribution in [0.1, 0.15) is 317 Å². The molecule has 0 amide bonds. The molecule has 0 aliphatic rings. The van der Waals surface area contributed by atoms with Gasteiger partial charge in [-0.25, -0.2) is 0 Å². The molecule has 0 saturated carbocycles. The number of hydrogen-bond donors (Lipinski definition) is 0. The van der Waals surface area contributed by atoms with E-state index in [0.29, 0.717) is 19.3 Å². The number of rotatable bonds is 51. The molecule has 0 bridgehead atoms. The van der Waals surface area contributed by atoms with Crippen molar-refractivity contribution >= 4 is 17.9 Å². The molecule has 0 saturated heterocycles. The Morgan fingerprint density at radius 1 is 0.302 bits per heavy atom. The van der Waals surface area contributed by atoms with E-state index in [1.165, 1.54) is 205 Å². The molecule has 0 radical (unpaired) electrons. The Morgan fingerprint density at radius 2 is 0.524 bits per heavy atom. The van der Waals surface area contributed by atoms with Gasteiger partial charge in [-0.1, -0.05) is 279 Å². The minimum absolute atomic E-state index is 0.0632. The fourth-order valence-corrected chi connectivity index (χ4v) is 8.70. The highest BCUT2D eigenvalue weighted by Crippen LogP contribution is 2.18. The summed E-state index contributed by atoms with van der Waals surface area (Å²) in [5.41, 5.74) is 0. The lowest BCUT2D eigenvalue weighted by atomic mass is 10.0. The molecule has 0 aliphatic carbocycles. The SMILES string of the molecule is CCCCCCCCCCCCCCCCC(=O)OC[C@@H](COC(=O)CCCCCCCCCCCCCCCCCCC(C)C)OC(=O)CCCCCCCCCCCC(C)C. The molecule has 0 rings (SSSR count). The Morgan fingerprint density at radius 3 is 0.778 bits per heavy atom. The van der Waals surface area contributed by atoms with Gasteiger partial charge >= 0.3 is 17.9 Å². The average Bonchev–Trinajstić information content (AvgIpc) is 3.25. The summed E-state index contributed by atoms with van der Waals surface area (Å²) in [5, 5.41) is 0. The molecule has 63 heavy (non-hydrogen) atoms. The van der Waals surface area contributed by atoms with Crippen LogP contribution < -0.4 is 0 Å². The first-order chi connectivity index (χ1) is 30.7. The first kappa shape index (κ1) is 61.4. The van der Waals surface area contributed by atoms with Crippen LogP contribution in [-0.4, -0.2) is 37.2 Å². The predicted molar refractivity (Wildman–Crippen MR) is 270 cm³/mol. The molecule has 0 fully saturated rings. The third-order valence-electron chi connectivity index (χ3n) is 13.0. The number of carbonyl (C=O) groups excluding carboxylic acids is 3. The lowest BCUT2D eigenvalue weighted by molar-refractivity contribution is -0.167. The normalized spacial score (nSPS) is 12.0. The summed E-state index contributed by atoms with van der Waals surface area (Å²) in [6, 6.07) is 0. The summed E-state index contributed by atoms with van der Waals surface area (Å²) in [4.78, 5) is 38.1. The average molecular weight is 892 g/mol. The molecule has 0 N–H and O–H groups in total. The van der Waals surface area contributed by atoms with Crippen molar-refractivity contribution in [3.63, 3.8) is 0 Å². The zero-order valence-corrected chi connectivity index (χ0v) is 43.2. The number of ether oxygens (including phenoxy) is 3. The topological polar surface area (TPSA) is 78.9 Å². The molecule has 0 aromatic carbocycles. The second-order valence-corrected chi connectivity index (χ2v) is 20.5. The van der Waals surface area contributed by atoms with Gasteiger partial charge < -0.3 is 14.2 Å². The molecule has 0 spiro atoms. The van der Waals surface area contributed by atoms with E-state index in [4.69, 9.17) is 14.2 Å². The fourth-order valence-electron chi connectivity index (χ4n) is 8.70. The van der Waals surface area contributed by atoms with Crippen molar-refractivity contribution in [3.05, 3.63) is 0 Å². The highest BCUT2D eigenvalue weighted by atomic mass is 16.6. The monoisotopic (exact) mass is 891 g/mol. The Labute approximate surface area is 393 Å². The minimum atomic E-state index is -0.762. The van der Waals surface area contributed by atoms with E-state index < -0.39 is 6.10 Å². The minimum Gasteiger partial charge on any atom is -0.462 e. The van der Waals surface area contributed by atoms with Crippen LogP contribution in [0.5, 0.6) is 0 Å². The molecule has 374 valence electrons. The van der Waals surface area contributed by atoms with Gasteiger partial charge in [-0.2, -0.15) is 0 Å². The quantitative estimate of drug-likeness (QED) is 0.0344. The molecule has 0 aromatic rings. The van der Waals surface area contributed by atoms with Crippen LogP contribution in [0.25, 0.3) is 0 Å². The van der Waals surface area contributed by atoms with Gasteiger partial charge in [-0.05, 0) is 31.1 Å². The van der Waals surface area contributed by atoms with Crippen molar-refractivity contribution in [2.24, 2.45) is 11.8 Å². The van der Waals surface area contributed by atoms with Crippen LogP contribution in [0.15, 0.2) is 0 Å². The summed E-state index contributed by atoms with van der Waals surface area (Å²) < 4.78 is 16.9. The van der Waals surface area contributed by atoms with E-state index in [0.717, 1.165) is 69.6 Å². The van der Waals surface area contributed by atoms with Crippen molar-refractivity contribution < 1.29 is 28.6 Å². The van der Waals surface area contributed by atoms with Crippen molar-refractivity contribution in [2.45, 2.75) is 323 Å². The molecule has 6 nitrogen and oxygen atoms in total. The highest BCUT2D eigenvalue weighted by Gasteiger charge is 2.19. The van der Waals surface area contributed by atoms with E-state index in [2.05, 4.69) is 34.6 Å². The molecule has 0 aliphatic heterocycles. The molecule has 1 atom stereocenters. The van der Waals surface area contributed by atoms with E-state index in [-0.39, 0.29) is 31.1 Å². The van der Waals surface area contributed by atoms with Crippen LogP contribution in [0.4, 0.5) is 0 Å². The standard InChI is InChI=1S/C57H110O6/c1-6-7-8-9-10-11-12-13-19-22-27-32-37-42-47-55(58)61-50-54(63-57(60)49-44-39-34-29-24-26-31-36-41-46-53(4)5)51-62-56(59)48-43-38-33-28-23-20-17-15-14-16-18-21-25-30-35-40-45-52(2)3/h52-54H,6-51H2,1-5H3/t54-/m0/s1. The van der Waals surface area contributed by atoms with Crippen molar-refractivity contribution in [3.8, 4) is 0 Å². The molecule has 0 heterocycles. The van der Waals surface area contributed by atoms with Crippen molar-refractivity contribution in [1.29, 1.82) is 0 Å². The molecular formula is C57H110O6. The molecular weight excluding hydrogens is 781 g/mol. The second kappa shape index (κ2) is 49.8. The van der Waals surface area contributed by atoms with Crippen LogP contribution in [0.3, 0.4) is 0 Å². The maximum atomic E-state index is 12.8. The fraction of sp³-hybridized carbons (Fsp3) is 0.947. The van der Waals surface area contributed by atoms with Gasteiger partial charge in [0.2, 0.25) is 0 Å². The van der Waals surface area contributed by atoms with Gasteiger partial charge in [0.05, 0.1) is 0 Å². The van der Waals surface area contributed by atoms with Crippen LogP contribution >= 0.6 is 0 Å². The number of hydrogen-bond acceptors (Lipinski definition) is 6. The van der Waals surface area contributed by atoms with Crippen molar-refractivity contribution in [2.75, 3.05) is 13.2 Å². The molecule has 0 unspecified atom stereocenters. The zero-order valence-electron chi connectivity index (χ0n) is 43.2. The van der Waals surface area contributed by atoms with Crippen LogP contribution in [0, 0.1) is 11.8 Å². The van der Waals surface area contributed by atoms with Gasteiger partial charge in [-0.3, -0.25) is 14.4 Å². The smallest absolute Gasteiger partial charge is 0.306 e.